The van der Waals surface area contributed by atoms with Gasteiger partial charge in [-0.2, -0.15) is 0 Å². The van der Waals surface area contributed by atoms with Gasteiger partial charge in [-0.1, -0.05) is 0 Å². The van der Waals surface area contributed by atoms with E-state index in [2.05, 4.69) is 91.1 Å². The van der Waals surface area contributed by atoms with Crippen molar-refractivity contribution in [2.45, 2.75) is 74.7 Å². The van der Waals surface area contributed by atoms with Gasteiger partial charge in [0, 0.05) is 0 Å². The van der Waals surface area contributed by atoms with Crippen LogP contribution in [0.3, 0.4) is 0 Å². The van der Waals surface area contributed by atoms with Gasteiger partial charge >= 0.3 is 193 Å². The van der Waals surface area contributed by atoms with Crippen LogP contribution in [0.4, 0.5) is 0 Å². The first-order valence-corrected chi connectivity index (χ1v) is 20.6. The number of allylic oxidation sites excluding steroid dienone is 2. The van der Waals surface area contributed by atoms with Gasteiger partial charge in [0.1, 0.15) is 0 Å². The summed E-state index contributed by atoms with van der Waals surface area (Å²) in [5.74, 6) is 0. The molecule has 0 aliphatic heterocycles. The molecule has 2 aromatic carbocycles. The molecule has 0 bridgehead atoms. The van der Waals surface area contributed by atoms with E-state index < -0.39 is 20.4 Å². The standard InChI is InChI=1S/2C13H15.C2H6Si.2ClH.Zr/c2*1-4-11-7-12-6-9(2)5-10(3)13(12)8-11;1-3-2;;;/h2*5-8H,4H2,1-3H3;1-2H3;2*1H;/q;;;;;+2/p-2. The third kappa shape index (κ3) is 4.72. The van der Waals surface area contributed by atoms with Crippen LogP contribution in [-0.4, -0.2) is 5.43 Å². The first kappa shape index (κ1) is 27.8. The van der Waals surface area contributed by atoms with Crippen molar-refractivity contribution in [3.63, 3.8) is 0 Å². The number of hydrogen-bond acceptors (Lipinski definition) is 0. The van der Waals surface area contributed by atoms with Crippen LogP contribution < -0.4 is 24.8 Å². The van der Waals surface area contributed by atoms with Crippen molar-refractivity contribution in [1.82, 2.24) is 0 Å². The quantitative estimate of drug-likeness (QED) is 0.502. The average Bonchev–Trinajstić information content (AvgIpc) is 3.21. The summed E-state index contributed by atoms with van der Waals surface area (Å²) < 4.78 is 1.53. The number of halogens is 2. The van der Waals surface area contributed by atoms with Crippen molar-refractivity contribution in [2.75, 3.05) is 0 Å². The van der Waals surface area contributed by atoms with Crippen LogP contribution in [0.5, 0.6) is 0 Å². The van der Waals surface area contributed by atoms with Gasteiger partial charge in [-0.25, -0.2) is 0 Å². The largest absolute Gasteiger partial charge is 1.00 e. The average molecular weight is 563 g/mol. The van der Waals surface area contributed by atoms with Gasteiger partial charge in [0.2, 0.25) is 0 Å². The Kier molecular flexibility index (Phi) is 9.48. The normalized spacial score (nSPS) is 17.8. The van der Waals surface area contributed by atoms with Crippen molar-refractivity contribution in [2.24, 2.45) is 0 Å². The van der Waals surface area contributed by atoms with E-state index in [1.807, 2.05) is 0 Å². The Balaban J connectivity index is 0.00000181. The van der Waals surface area contributed by atoms with Gasteiger partial charge in [0.05, 0.1) is 0 Å². The monoisotopic (exact) mass is 560 g/mol. The molecule has 0 saturated heterocycles. The molecular weight excluding hydrogens is 527 g/mol. The van der Waals surface area contributed by atoms with E-state index in [1.54, 1.807) is 33.4 Å². The van der Waals surface area contributed by atoms with Crippen molar-refractivity contribution < 1.29 is 45.2 Å². The number of hydrogen-bond donors (Lipinski definition) is 0. The summed E-state index contributed by atoms with van der Waals surface area (Å²) in [5.41, 5.74) is 15.5. The Morgan fingerprint density at radius 3 is 1.38 bits per heavy atom. The number of benzene rings is 2. The van der Waals surface area contributed by atoms with Crippen molar-refractivity contribution in [3.05, 3.63) is 79.9 Å². The van der Waals surface area contributed by atoms with Crippen LogP contribution in [0, 0.1) is 27.7 Å². The van der Waals surface area contributed by atoms with Gasteiger partial charge in [0.15, 0.2) is 0 Å². The predicted octanol–water partition coefficient (Wildman–Crippen LogP) is 2.19. The van der Waals surface area contributed by atoms with Crippen LogP contribution in [0.15, 0.2) is 35.4 Å². The molecule has 4 rings (SSSR count). The third-order valence-corrected chi connectivity index (χ3v) is 26.7. The fourth-order valence-corrected chi connectivity index (χ4v) is 26.6. The molecule has 32 heavy (non-hydrogen) atoms. The number of rotatable bonds is 4. The smallest absolute Gasteiger partial charge is 1.00 e. The van der Waals surface area contributed by atoms with Crippen LogP contribution in [-0.2, 0) is 20.4 Å². The van der Waals surface area contributed by atoms with Crippen molar-refractivity contribution in [1.29, 1.82) is 0 Å². The molecule has 2 aromatic rings. The molecule has 0 heterocycles. The van der Waals surface area contributed by atoms with Crippen LogP contribution in [0.25, 0.3) is 12.2 Å². The van der Waals surface area contributed by atoms with Crippen LogP contribution in [0.1, 0.15) is 78.4 Å². The zero-order valence-corrected chi connectivity index (χ0v) is 25.8. The second kappa shape index (κ2) is 10.9. The fraction of sp³-hybridized carbons (Fsp3) is 0.429. The Labute approximate surface area is 216 Å². The summed E-state index contributed by atoms with van der Waals surface area (Å²) >= 11 is -1.92. The van der Waals surface area contributed by atoms with Gasteiger partial charge in [-0.3, -0.25) is 0 Å². The molecule has 0 N–H and O–H groups in total. The minimum Gasteiger partial charge on any atom is -1.00 e. The second-order valence-corrected chi connectivity index (χ2v) is 27.5. The Morgan fingerprint density at radius 1 is 0.688 bits per heavy atom. The van der Waals surface area contributed by atoms with E-state index in [0.717, 1.165) is 7.25 Å². The Hall–Kier alpha value is -0.400. The number of fused-ring (bicyclic) bond motifs is 2. The molecule has 2 unspecified atom stereocenters. The fourth-order valence-electron chi connectivity index (χ4n) is 5.92. The van der Waals surface area contributed by atoms with E-state index >= 15 is 0 Å². The molecule has 2 aliphatic carbocycles. The predicted molar refractivity (Wildman–Crippen MR) is 131 cm³/mol. The SMILES string of the molecule is CCC1=Cc2c(C)cc(C)cc2[CH]1[Zr+2]([CH]1C(CC)=Cc2c(C)cc(C)cc21)=[Si](C)C.[Cl-].[Cl-]. The molecule has 0 spiro atoms. The maximum Gasteiger partial charge on any atom is -1.00 e. The second-order valence-electron chi connectivity index (χ2n) is 9.64. The molecular formula is C28H36Cl2SiZr. The topological polar surface area (TPSA) is 0 Å². The molecule has 0 aromatic heterocycles. The van der Waals surface area contributed by atoms with Crippen LogP contribution in [0.2, 0.25) is 13.1 Å². The summed E-state index contributed by atoms with van der Waals surface area (Å²) in [6, 6.07) is 9.86. The summed E-state index contributed by atoms with van der Waals surface area (Å²) in [6.45, 7) is 19.3. The maximum atomic E-state index is 2.64. The number of aryl methyl sites for hydroxylation is 4. The minimum atomic E-state index is -1.92. The Bertz CT molecular complexity index is 1050. The zero-order chi connectivity index (χ0) is 21.7. The van der Waals surface area contributed by atoms with Crippen LogP contribution >= 0.6 is 0 Å². The van der Waals surface area contributed by atoms with Crippen molar-refractivity contribution in [3.8, 4) is 0 Å². The Morgan fingerprint density at radius 2 is 1.06 bits per heavy atom. The molecule has 2 aliphatic rings. The molecule has 0 fully saturated rings. The summed E-state index contributed by atoms with van der Waals surface area (Å²) in [5, 5.41) is 0. The molecule has 4 heteroatoms. The first-order chi connectivity index (χ1) is 14.3. The molecule has 170 valence electrons. The summed E-state index contributed by atoms with van der Waals surface area (Å²) in [7, 11) is 0. The molecule has 2 atom stereocenters. The molecule has 0 amide bonds. The van der Waals surface area contributed by atoms with Gasteiger partial charge in [-0.15, -0.1) is 0 Å². The zero-order valence-electron chi connectivity index (χ0n) is 20.8. The van der Waals surface area contributed by atoms with E-state index in [-0.39, 0.29) is 30.2 Å². The third-order valence-electron chi connectivity index (χ3n) is 7.17. The van der Waals surface area contributed by atoms with E-state index in [4.69, 9.17) is 0 Å². The summed E-state index contributed by atoms with van der Waals surface area (Å²) in [4.78, 5) is 0. The summed E-state index contributed by atoms with van der Waals surface area (Å²) in [6.07, 6.45) is 7.59. The molecule has 0 saturated carbocycles. The van der Waals surface area contributed by atoms with Crippen molar-refractivity contribution >= 4 is 17.6 Å². The maximum absolute atomic E-state index is 2.64. The van der Waals surface area contributed by atoms with E-state index in [1.165, 1.54) is 35.1 Å². The first-order valence-electron chi connectivity index (χ1n) is 11.6. The van der Waals surface area contributed by atoms with Gasteiger partial charge in [-0.05, 0) is 0 Å². The molecule has 0 nitrogen and oxygen atoms in total. The van der Waals surface area contributed by atoms with Gasteiger partial charge in [0.25, 0.3) is 0 Å². The molecule has 0 radical (unpaired) electrons. The van der Waals surface area contributed by atoms with Gasteiger partial charge < -0.3 is 24.8 Å². The van der Waals surface area contributed by atoms with E-state index in [9.17, 15) is 0 Å². The minimum absolute atomic E-state index is 0. The van der Waals surface area contributed by atoms with E-state index in [0.29, 0.717) is 0 Å².